The highest BCUT2D eigenvalue weighted by Gasteiger charge is 2.23. The van der Waals surface area contributed by atoms with Gasteiger partial charge in [0.05, 0.1) is 21.8 Å². The molecule has 0 fully saturated rings. The lowest BCUT2D eigenvalue weighted by Gasteiger charge is -2.22. The molecule has 1 N–H and O–H groups in total. The molecule has 8 heteroatoms. The van der Waals surface area contributed by atoms with Crippen molar-refractivity contribution < 1.29 is 13.2 Å². The Morgan fingerprint density at radius 1 is 1.07 bits per heavy atom. The first-order chi connectivity index (χ1) is 12.7. The van der Waals surface area contributed by atoms with E-state index in [0.29, 0.717) is 34.5 Å². The fourth-order valence-corrected chi connectivity index (χ4v) is 4.66. The smallest absolute Gasteiger partial charge is 0.256 e. The van der Waals surface area contributed by atoms with Gasteiger partial charge in [-0.15, -0.1) is 0 Å². The van der Waals surface area contributed by atoms with Gasteiger partial charge in [-0.25, -0.2) is 8.42 Å². The molecular weight excluding hydrogens is 430 g/mol. The third kappa shape index (κ3) is 4.69. The molecule has 2 rings (SSSR count). The molecule has 1 amide bonds. The van der Waals surface area contributed by atoms with Crippen molar-refractivity contribution in [2.45, 2.75) is 18.7 Å². The lowest BCUT2D eigenvalue weighted by Crippen LogP contribution is -2.30. The van der Waals surface area contributed by atoms with Crippen molar-refractivity contribution in [3.05, 3.63) is 52.5 Å². The molecule has 146 valence electrons. The monoisotopic (exact) mass is 453 g/mol. The summed E-state index contributed by atoms with van der Waals surface area (Å²) < 4.78 is 27.7. The van der Waals surface area contributed by atoms with Crippen molar-refractivity contribution in [3.63, 3.8) is 0 Å². The number of halogens is 1. The molecule has 2 aromatic carbocycles. The second kappa shape index (κ2) is 8.86. The summed E-state index contributed by atoms with van der Waals surface area (Å²) in [6.45, 7) is 4.36. The summed E-state index contributed by atoms with van der Waals surface area (Å²) in [4.78, 5) is 14.7. The van der Waals surface area contributed by atoms with Gasteiger partial charge < -0.3 is 10.2 Å². The molecular formula is C19H24BrN3O3S. The number of sulfonamides is 1. The van der Waals surface area contributed by atoms with E-state index in [0.717, 1.165) is 0 Å². The van der Waals surface area contributed by atoms with E-state index >= 15 is 0 Å². The van der Waals surface area contributed by atoms with Gasteiger partial charge in [0.1, 0.15) is 0 Å². The summed E-state index contributed by atoms with van der Waals surface area (Å²) in [5, 5.41) is 2.84. The number of nitrogens with zero attached hydrogens (tertiary/aromatic N) is 2. The van der Waals surface area contributed by atoms with Crippen LogP contribution in [-0.2, 0) is 10.0 Å². The lowest BCUT2D eigenvalue weighted by molar-refractivity contribution is 0.102. The van der Waals surface area contributed by atoms with Gasteiger partial charge in [0.15, 0.2) is 0 Å². The SMILES string of the molecule is CCN(CC)S(=O)(=O)c1ccc(N(C)C)c(NC(=O)c2ccccc2Br)c1. The van der Waals surface area contributed by atoms with Gasteiger partial charge in [-0.1, -0.05) is 26.0 Å². The van der Waals surface area contributed by atoms with E-state index in [-0.39, 0.29) is 10.8 Å². The average molecular weight is 454 g/mol. The number of hydrogen-bond acceptors (Lipinski definition) is 4. The first-order valence-electron chi connectivity index (χ1n) is 8.59. The van der Waals surface area contributed by atoms with Gasteiger partial charge in [0.2, 0.25) is 10.0 Å². The Balaban J connectivity index is 2.48. The van der Waals surface area contributed by atoms with Crippen LogP contribution in [0.4, 0.5) is 11.4 Å². The minimum Gasteiger partial charge on any atom is -0.376 e. The standard InChI is InChI=1S/C19H24BrN3O3S/c1-5-23(6-2)27(25,26)14-11-12-18(22(3)4)17(13-14)21-19(24)15-9-7-8-10-16(15)20/h7-13H,5-6H2,1-4H3,(H,21,24). The predicted molar refractivity (Wildman–Crippen MR) is 113 cm³/mol. The second-order valence-electron chi connectivity index (χ2n) is 6.10. The third-order valence-electron chi connectivity index (χ3n) is 4.16. The Hall–Kier alpha value is -1.90. The Labute approximate surface area is 169 Å². The number of amides is 1. The number of rotatable bonds is 7. The van der Waals surface area contributed by atoms with Gasteiger partial charge in [-0.3, -0.25) is 4.79 Å². The van der Waals surface area contributed by atoms with Gasteiger partial charge in [-0.05, 0) is 46.3 Å². The van der Waals surface area contributed by atoms with Crippen LogP contribution in [0, 0.1) is 0 Å². The van der Waals surface area contributed by atoms with E-state index in [4.69, 9.17) is 0 Å². The number of carbonyl (C=O) groups excluding carboxylic acids is 1. The fraction of sp³-hybridized carbons (Fsp3) is 0.316. The van der Waals surface area contributed by atoms with Crippen molar-refractivity contribution >= 4 is 43.2 Å². The maximum Gasteiger partial charge on any atom is 0.256 e. The predicted octanol–water partition coefficient (Wildman–Crippen LogP) is 3.80. The minimum absolute atomic E-state index is 0.152. The summed E-state index contributed by atoms with van der Waals surface area (Å²) in [5.74, 6) is -0.317. The molecule has 27 heavy (non-hydrogen) atoms. The van der Waals surface area contributed by atoms with E-state index < -0.39 is 10.0 Å². The number of hydrogen-bond donors (Lipinski definition) is 1. The Morgan fingerprint density at radius 2 is 1.70 bits per heavy atom. The molecule has 0 spiro atoms. The summed E-state index contributed by atoms with van der Waals surface area (Å²) >= 11 is 3.37. The highest BCUT2D eigenvalue weighted by molar-refractivity contribution is 9.10. The quantitative estimate of drug-likeness (QED) is 0.691. The van der Waals surface area contributed by atoms with Crippen LogP contribution >= 0.6 is 15.9 Å². The summed E-state index contributed by atoms with van der Waals surface area (Å²) in [5.41, 5.74) is 1.63. The van der Waals surface area contributed by atoms with E-state index in [1.54, 1.807) is 44.2 Å². The zero-order valence-electron chi connectivity index (χ0n) is 15.9. The molecule has 0 bridgehead atoms. The molecule has 0 aliphatic rings. The number of anilines is 2. The van der Waals surface area contributed by atoms with E-state index in [1.165, 1.54) is 10.4 Å². The van der Waals surface area contributed by atoms with Gasteiger partial charge in [0, 0.05) is 31.7 Å². The van der Waals surface area contributed by atoms with Crippen LogP contribution < -0.4 is 10.2 Å². The van der Waals surface area contributed by atoms with Crippen LogP contribution in [0.5, 0.6) is 0 Å². The van der Waals surface area contributed by atoms with Gasteiger partial charge >= 0.3 is 0 Å². The van der Waals surface area contributed by atoms with Crippen LogP contribution in [0.1, 0.15) is 24.2 Å². The molecule has 0 atom stereocenters. The fourth-order valence-electron chi connectivity index (χ4n) is 2.71. The van der Waals surface area contributed by atoms with Crippen LogP contribution in [0.3, 0.4) is 0 Å². The zero-order valence-corrected chi connectivity index (χ0v) is 18.3. The molecule has 2 aromatic rings. The molecule has 0 aliphatic carbocycles. The highest BCUT2D eigenvalue weighted by Crippen LogP contribution is 2.30. The third-order valence-corrected chi connectivity index (χ3v) is 6.90. The van der Waals surface area contributed by atoms with Crippen molar-refractivity contribution in [2.24, 2.45) is 0 Å². The van der Waals surface area contributed by atoms with Crippen molar-refractivity contribution in [1.29, 1.82) is 0 Å². The molecule has 0 unspecified atom stereocenters. The average Bonchev–Trinajstić information content (AvgIpc) is 2.62. The normalized spacial score (nSPS) is 11.5. The topological polar surface area (TPSA) is 69.7 Å². The maximum absolute atomic E-state index is 12.8. The second-order valence-corrected chi connectivity index (χ2v) is 8.89. The van der Waals surface area contributed by atoms with Crippen molar-refractivity contribution in [3.8, 4) is 0 Å². The van der Waals surface area contributed by atoms with Crippen LogP contribution in [-0.4, -0.2) is 45.8 Å². The molecule has 6 nitrogen and oxygen atoms in total. The zero-order chi connectivity index (χ0) is 20.2. The van der Waals surface area contributed by atoms with Crippen LogP contribution in [0.15, 0.2) is 51.8 Å². The Kier molecular flexibility index (Phi) is 7.02. The Morgan fingerprint density at radius 3 is 2.26 bits per heavy atom. The van der Waals surface area contributed by atoms with E-state index in [9.17, 15) is 13.2 Å². The summed E-state index contributed by atoms with van der Waals surface area (Å²) in [6.07, 6.45) is 0. The van der Waals surface area contributed by atoms with Crippen molar-refractivity contribution in [1.82, 2.24) is 4.31 Å². The molecule has 0 heterocycles. The van der Waals surface area contributed by atoms with E-state index in [1.807, 2.05) is 25.1 Å². The van der Waals surface area contributed by atoms with Gasteiger partial charge in [0.25, 0.3) is 5.91 Å². The molecule has 0 radical (unpaired) electrons. The lowest BCUT2D eigenvalue weighted by atomic mass is 10.2. The first-order valence-corrected chi connectivity index (χ1v) is 10.8. The first kappa shape index (κ1) is 21.4. The van der Waals surface area contributed by atoms with Crippen LogP contribution in [0.2, 0.25) is 0 Å². The summed E-state index contributed by atoms with van der Waals surface area (Å²) in [7, 11) is 0.0501. The largest absolute Gasteiger partial charge is 0.376 e. The van der Waals surface area contributed by atoms with Gasteiger partial charge in [-0.2, -0.15) is 4.31 Å². The van der Waals surface area contributed by atoms with Crippen LogP contribution in [0.25, 0.3) is 0 Å². The summed E-state index contributed by atoms with van der Waals surface area (Å²) in [6, 6.07) is 11.9. The molecule has 0 aliphatic heterocycles. The van der Waals surface area contributed by atoms with E-state index in [2.05, 4.69) is 21.2 Å². The number of nitrogens with one attached hydrogen (secondary N) is 1. The Bertz CT molecular complexity index is 926. The van der Waals surface area contributed by atoms with Crippen molar-refractivity contribution in [2.75, 3.05) is 37.4 Å². The highest BCUT2D eigenvalue weighted by atomic mass is 79.9. The maximum atomic E-state index is 12.8. The molecule has 0 saturated heterocycles. The molecule has 0 saturated carbocycles. The number of benzene rings is 2. The number of carbonyl (C=O) groups is 1. The molecule has 0 aromatic heterocycles. The minimum atomic E-state index is -3.62.